The molecule has 1 aliphatic rings. The molecule has 1 fully saturated rings. The molecular formula is C10H14BrNO. The van der Waals surface area contributed by atoms with Crippen molar-refractivity contribution in [2.24, 2.45) is 0 Å². The molecule has 0 spiro atoms. The van der Waals surface area contributed by atoms with Crippen LogP contribution in [0.25, 0.3) is 0 Å². The predicted octanol–water partition coefficient (Wildman–Crippen LogP) is 2.85. The molecule has 0 aromatic carbocycles. The van der Waals surface area contributed by atoms with Crippen LogP contribution in [-0.2, 0) is 0 Å². The van der Waals surface area contributed by atoms with E-state index < -0.39 is 0 Å². The maximum atomic E-state index is 5.16. The van der Waals surface area contributed by atoms with E-state index >= 15 is 0 Å². The van der Waals surface area contributed by atoms with Gasteiger partial charge in [-0.05, 0) is 54.8 Å². The summed E-state index contributed by atoms with van der Waals surface area (Å²) >= 11 is 3.51. The molecular weight excluding hydrogens is 230 g/mol. The lowest BCUT2D eigenvalue weighted by Crippen LogP contribution is -2.29. The van der Waals surface area contributed by atoms with Gasteiger partial charge in [-0.1, -0.05) is 0 Å². The normalized spacial score (nSPS) is 20.8. The highest BCUT2D eigenvalue weighted by Gasteiger charge is 2.21. The molecule has 0 atom stereocenters. The first-order chi connectivity index (χ1) is 6.27. The number of rotatable bonds is 1. The van der Waals surface area contributed by atoms with Crippen molar-refractivity contribution in [3.8, 4) is 0 Å². The van der Waals surface area contributed by atoms with Crippen molar-refractivity contribution in [2.45, 2.75) is 18.8 Å². The summed E-state index contributed by atoms with van der Waals surface area (Å²) in [5, 5.41) is 0. The molecule has 0 amide bonds. The van der Waals surface area contributed by atoms with Gasteiger partial charge in [-0.3, -0.25) is 0 Å². The third-order valence-corrected chi connectivity index (χ3v) is 3.45. The largest absolute Gasteiger partial charge is 0.471 e. The minimum atomic E-state index is 0.685. The molecule has 2 heterocycles. The van der Waals surface area contributed by atoms with Crippen LogP contribution >= 0.6 is 15.9 Å². The van der Waals surface area contributed by atoms with Crippen molar-refractivity contribution >= 4 is 15.9 Å². The first kappa shape index (κ1) is 9.28. The molecule has 72 valence electrons. The van der Waals surface area contributed by atoms with E-state index in [1.54, 1.807) is 6.26 Å². The number of hydrogen-bond acceptors (Lipinski definition) is 2. The van der Waals surface area contributed by atoms with Gasteiger partial charge in [0.1, 0.15) is 6.26 Å². The zero-order chi connectivity index (χ0) is 9.26. The van der Waals surface area contributed by atoms with Gasteiger partial charge in [0.25, 0.3) is 0 Å². The summed E-state index contributed by atoms with van der Waals surface area (Å²) < 4.78 is 6.29. The number of hydrogen-bond donors (Lipinski definition) is 0. The van der Waals surface area contributed by atoms with Crippen molar-refractivity contribution in [1.82, 2.24) is 4.90 Å². The molecule has 3 heteroatoms. The Morgan fingerprint density at radius 2 is 2.08 bits per heavy atom. The summed E-state index contributed by atoms with van der Waals surface area (Å²) in [5.74, 6) is 0.685. The molecule has 2 nitrogen and oxygen atoms in total. The fourth-order valence-corrected chi connectivity index (χ4v) is 2.43. The van der Waals surface area contributed by atoms with Crippen molar-refractivity contribution in [3.05, 3.63) is 22.6 Å². The Morgan fingerprint density at radius 3 is 2.62 bits per heavy atom. The van der Waals surface area contributed by atoms with Gasteiger partial charge in [0.05, 0.1) is 10.7 Å². The van der Waals surface area contributed by atoms with Gasteiger partial charge in [-0.2, -0.15) is 0 Å². The summed E-state index contributed by atoms with van der Waals surface area (Å²) in [4.78, 5) is 2.38. The zero-order valence-electron chi connectivity index (χ0n) is 7.79. The van der Waals surface area contributed by atoms with E-state index in [4.69, 9.17) is 4.42 Å². The van der Waals surface area contributed by atoms with Crippen molar-refractivity contribution < 1.29 is 4.42 Å². The summed E-state index contributed by atoms with van der Waals surface area (Å²) in [6.07, 6.45) is 6.14. The van der Waals surface area contributed by atoms with E-state index in [0.717, 1.165) is 4.47 Å². The van der Waals surface area contributed by atoms with Crippen LogP contribution in [0.4, 0.5) is 0 Å². The highest BCUT2D eigenvalue weighted by atomic mass is 79.9. The van der Waals surface area contributed by atoms with E-state index in [0.29, 0.717) is 5.92 Å². The Hall–Kier alpha value is -0.280. The highest BCUT2D eigenvalue weighted by Crippen LogP contribution is 2.33. The van der Waals surface area contributed by atoms with E-state index in [1.165, 1.54) is 31.5 Å². The monoisotopic (exact) mass is 243 g/mol. The topological polar surface area (TPSA) is 16.4 Å². The number of nitrogens with zero attached hydrogens (tertiary/aromatic N) is 1. The zero-order valence-corrected chi connectivity index (χ0v) is 9.38. The Morgan fingerprint density at radius 1 is 1.38 bits per heavy atom. The molecule has 0 saturated carbocycles. The summed E-state index contributed by atoms with van der Waals surface area (Å²) in [6, 6.07) is 0. The lowest BCUT2D eigenvalue weighted by molar-refractivity contribution is 0.254. The lowest BCUT2D eigenvalue weighted by Gasteiger charge is -2.28. The molecule has 0 bridgehead atoms. The third-order valence-electron chi connectivity index (χ3n) is 2.80. The second kappa shape index (κ2) is 3.84. The molecule has 1 aromatic heterocycles. The smallest absolute Gasteiger partial charge is 0.105 e. The Bertz CT molecular complexity index is 276. The number of piperidine rings is 1. The molecule has 1 aromatic rings. The molecule has 1 saturated heterocycles. The van der Waals surface area contributed by atoms with Gasteiger partial charge in [0.2, 0.25) is 0 Å². The van der Waals surface area contributed by atoms with Crippen molar-refractivity contribution in [1.29, 1.82) is 0 Å². The summed E-state index contributed by atoms with van der Waals surface area (Å²) in [7, 11) is 2.18. The van der Waals surface area contributed by atoms with Gasteiger partial charge in [0.15, 0.2) is 0 Å². The number of furan rings is 1. The first-order valence-corrected chi connectivity index (χ1v) is 5.47. The van der Waals surface area contributed by atoms with Crippen LogP contribution in [-0.4, -0.2) is 25.0 Å². The Labute approximate surface area is 87.0 Å². The molecule has 13 heavy (non-hydrogen) atoms. The van der Waals surface area contributed by atoms with Crippen LogP contribution in [0.1, 0.15) is 24.3 Å². The maximum Gasteiger partial charge on any atom is 0.105 e. The minimum Gasteiger partial charge on any atom is -0.471 e. The molecule has 0 unspecified atom stereocenters. The molecule has 0 aliphatic carbocycles. The highest BCUT2D eigenvalue weighted by molar-refractivity contribution is 9.10. The maximum absolute atomic E-state index is 5.16. The van der Waals surface area contributed by atoms with E-state index in [1.807, 2.05) is 6.26 Å². The first-order valence-electron chi connectivity index (χ1n) is 4.67. The SMILES string of the molecule is CN1CCC(c2cocc2Br)CC1. The molecule has 2 rings (SSSR count). The van der Waals surface area contributed by atoms with Crippen molar-refractivity contribution in [3.63, 3.8) is 0 Å². The standard InChI is InChI=1S/C10H14BrNO/c1-12-4-2-8(3-5-12)9-6-13-7-10(9)11/h6-8H,2-5H2,1H3. The second-order valence-electron chi connectivity index (χ2n) is 3.75. The van der Waals surface area contributed by atoms with Gasteiger partial charge in [-0.15, -0.1) is 0 Å². The molecule has 0 N–H and O–H groups in total. The van der Waals surface area contributed by atoms with Gasteiger partial charge >= 0.3 is 0 Å². The lowest BCUT2D eigenvalue weighted by atomic mass is 9.92. The third kappa shape index (κ3) is 1.97. The van der Waals surface area contributed by atoms with Crippen LogP contribution in [0.15, 0.2) is 21.4 Å². The van der Waals surface area contributed by atoms with E-state index in [9.17, 15) is 0 Å². The Kier molecular flexibility index (Phi) is 2.74. The van der Waals surface area contributed by atoms with Gasteiger partial charge < -0.3 is 9.32 Å². The molecule has 0 radical (unpaired) electrons. The number of likely N-dealkylation sites (tertiary alicyclic amines) is 1. The average molecular weight is 244 g/mol. The fourth-order valence-electron chi connectivity index (χ4n) is 1.90. The summed E-state index contributed by atoms with van der Waals surface area (Å²) in [6.45, 7) is 2.39. The number of halogens is 1. The quantitative estimate of drug-likeness (QED) is 0.755. The predicted molar refractivity (Wildman–Crippen MR) is 55.9 cm³/mol. The van der Waals surface area contributed by atoms with Gasteiger partial charge in [-0.25, -0.2) is 0 Å². The van der Waals surface area contributed by atoms with E-state index in [2.05, 4.69) is 27.9 Å². The average Bonchev–Trinajstić information content (AvgIpc) is 2.53. The Balaban J connectivity index is 2.06. The minimum absolute atomic E-state index is 0.685. The van der Waals surface area contributed by atoms with E-state index in [-0.39, 0.29) is 0 Å². The summed E-state index contributed by atoms with van der Waals surface area (Å²) in [5.41, 5.74) is 1.34. The van der Waals surface area contributed by atoms with Crippen LogP contribution in [0.2, 0.25) is 0 Å². The van der Waals surface area contributed by atoms with Crippen LogP contribution in [0.5, 0.6) is 0 Å². The van der Waals surface area contributed by atoms with Gasteiger partial charge in [0, 0.05) is 5.56 Å². The van der Waals surface area contributed by atoms with Crippen LogP contribution in [0.3, 0.4) is 0 Å². The fraction of sp³-hybridized carbons (Fsp3) is 0.600. The van der Waals surface area contributed by atoms with Crippen molar-refractivity contribution in [2.75, 3.05) is 20.1 Å². The second-order valence-corrected chi connectivity index (χ2v) is 4.61. The molecule has 1 aliphatic heterocycles. The van der Waals surface area contributed by atoms with Crippen LogP contribution in [0, 0.1) is 0 Å². The van der Waals surface area contributed by atoms with Crippen LogP contribution < -0.4 is 0 Å².